The molecule has 7 nitrogen and oxygen atoms in total. The number of nitro groups is 1. The van der Waals surface area contributed by atoms with Crippen LogP contribution in [0.15, 0.2) is 24.4 Å². The molecule has 8 heteroatoms. The number of sulfone groups is 1. The molecule has 0 radical (unpaired) electrons. The minimum atomic E-state index is -3.09. The highest BCUT2D eigenvalue weighted by Gasteiger charge is 2.16. The van der Waals surface area contributed by atoms with Crippen LogP contribution >= 0.6 is 0 Å². The zero-order valence-electron chi connectivity index (χ0n) is 10.3. The van der Waals surface area contributed by atoms with Crippen molar-refractivity contribution in [3.05, 3.63) is 34.5 Å². The average molecular weight is 283 g/mol. The lowest BCUT2D eigenvalue weighted by atomic mass is 10.2. The Balaban J connectivity index is 2.36. The molecule has 0 aliphatic carbocycles. The van der Waals surface area contributed by atoms with Crippen LogP contribution in [-0.2, 0) is 16.4 Å². The monoisotopic (exact) mass is 283 g/mol. The summed E-state index contributed by atoms with van der Waals surface area (Å²) in [5, 5.41) is 15.3. The minimum absolute atomic E-state index is 0.0248. The molecule has 2 aromatic rings. The minimum Gasteiger partial charge on any atom is -0.264 e. The van der Waals surface area contributed by atoms with E-state index in [4.69, 9.17) is 0 Å². The summed E-state index contributed by atoms with van der Waals surface area (Å²) < 4.78 is 24.4. The lowest BCUT2D eigenvalue weighted by Crippen LogP contribution is -2.15. The zero-order valence-corrected chi connectivity index (χ0v) is 11.1. The van der Waals surface area contributed by atoms with Crippen LogP contribution in [0.1, 0.15) is 6.92 Å². The predicted octanol–water partition coefficient (Wildman–Crippen LogP) is 1.38. The number of benzene rings is 1. The number of hydrogen-bond donors (Lipinski definition) is 0. The molecular weight excluding hydrogens is 270 g/mol. The fourth-order valence-electron chi connectivity index (χ4n) is 1.80. The van der Waals surface area contributed by atoms with Crippen LogP contribution in [0, 0.1) is 10.1 Å². The maximum atomic E-state index is 11.5. The van der Waals surface area contributed by atoms with Gasteiger partial charge in [0.25, 0.3) is 5.69 Å². The zero-order chi connectivity index (χ0) is 14.0. The number of aromatic nitrogens is 2. The summed E-state index contributed by atoms with van der Waals surface area (Å²) in [6.07, 6.45) is 1.39. The van der Waals surface area contributed by atoms with Crippen molar-refractivity contribution < 1.29 is 13.3 Å². The maximum absolute atomic E-state index is 11.5. The number of nitro benzene ring substituents is 1. The summed E-state index contributed by atoms with van der Waals surface area (Å²) in [4.78, 5) is 10.4. The SMILES string of the molecule is CCS(=O)(=O)CCn1ncc2c([N+](=O)[O-])cccc21. The Kier molecular flexibility index (Phi) is 3.52. The Morgan fingerprint density at radius 2 is 2.16 bits per heavy atom. The topological polar surface area (TPSA) is 95.1 Å². The van der Waals surface area contributed by atoms with Gasteiger partial charge >= 0.3 is 0 Å². The average Bonchev–Trinajstić information content (AvgIpc) is 2.79. The molecule has 1 aromatic carbocycles. The third kappa shape index (κ3) is 2.73. The van der Waals surface area contributed by atoms with E-state index in [0.29, 0.717) is 10.9 Å². The molecule has 0 saturated carbocycles. The summed E-state index contributed by atoms with van der Waals surface area (Å²) in [6, 6.07) is 4.65. The molecule has 0 bridgehead atoms. The van der Waals surface area contributed by atoms with Gasteiger partial charge in [0.2, 0.25) is 0 Å². The molecule has 102 valence electrons. The number of nitrogens with zero attached hydrogens (tertiary/aromatic N) is 3. The Labute approximate surface area is 109 Å². The Morgan fingerprint density at radius 3 is 2.79 bits per heavy atom. The van der Waals surface area contributed by atoms with Crippen LogP contribution in [0.2, 0.25) is 0 Å². The van der Waals surface area contributed by atoms with Crippen LogP contribution in [0.4, 0.5) is 5.69 Å². The lowest BCUT2D eigenvalue weighted by Gasteiger charge is -2.03. The fraction of sp³-hybridized carbons (Fsp3) is 0.364. The smallest absolute Gasteiger partial charge is 0.264 e. The summed E-state index contributed by atoms with van der Waals surface area (Å²) >= 11 is 0. The van der Waals surface area contributed by atoms with Crippen LogP contribution in [0.25, 0.3) is 10.9 Å². The fourth-order valence-corrected chi connectivity index (χ4v) is 2.54. The van der Waals surface area contributed by atoms with E-state index in [1.165, 1.54) is 16.9 Å². The highest BCUT2D eigenvalue weighted by Crippen LogP contribution is 2.24. The maximum Gasteiger partial charge on any atom is 0.280 e. The quantitative estimate of drug-likeness (QED) is 0.610. The van der Waals surface area contributed by atoms with Gasteiger partial charge in [-0.05, 0) is 6.07 Å². The Hall–Kier alpha value is -1.96. The van der Waals surface area contributed by atoms with Gasteiger partial charge in [0.05, 0.1) is 34.3 Å². The van der Waals surface area contributed by atoms with E-state index < -0.39 is 14.8 Å². The Bertz CT molecular complexity index is 721. The van der Waals surface area contributed by atoms with Crippen molar-refractivity contribution in [1.82, 2.24) is 9.78 Å². The molecule has 0 atom stereocenters. The number of aryl methyl sites for hydroxylation is 1. The van der Waals surface area contributed by atoms with Gasteiger partial charge in [0.1, 0.15) is 0 Å². The number of fused-ring (bicyclic) bond motifs is 1. The van der Waals surface area contributed by atoms with Gasteiger partial charge in [0, 0.05) is 11.8 Å². The van der Waals surface area contributed by atoms with E-state index in [0.717, 1.165) is 0 Å². The third-order valence-electron chi connectivity index (χ3n) is 2.92. The van der Waals surface area contributed by atoms with Crippen molar-refractivity contribution in [3.63, 3.8) is 0 Å². The number of non-ortho nitro benzene ring substituents is 1. The van der Waals surface area contributed by atoms with E-state index in [9.17, 15) is 18.5 Å². The molecular formula is C11H13N3O4S. The second kappa shape index (κ2) is 4.96. The molecule has 0 amide bonds. The van der Waals surface area contributed by atoms with Gasteiger partial charge in [-0.25, -0.2) is 8.42 Å². The van der Waals surface area contributed by atoms with Gasteiger partial charge in [-0.15, -0.1) is 0 Å². The molecule has 0 saturated heterocycles. The standard InChI is InChI=1S/C11H13N3O4S/c1-2-19(17,18)7-6-13-10-4-3-5-11(14(15)16)9(10)8-12-13/h3-5,8H,2,6-7H2,1H3. The molecule has 0 fully saturated rings. The van der Waals surface area contributed by atoms with Gasteiger partial charge < -0.3 is 0 Å². The summed E-state index contributed by atoms with van der Waals surface area (Å²) in [7, 11) is -3.09. The molecule has 1 aromatic heterocycles. The van der Waals surface area contributed by atoms with Crippen LogP contribution < -0.4 is 0 Å². The van der Waals surface area contributed by atoms with Gasteiger partial charge in [-0.1, -0.05) is 13.0 Å². The molecule has 0 aliphatic heterocycles. The van der Waals surface area contributed by atoms with Crippen LogP contribution in [0.5, 0.6) is 0 Å². The van der Waals surface area contributed by atoms with Crippen molar-refractivity contribution in [2.24, 2.45) is 0 Å². The summed E-state index contributed by atoms with van der Waals surface area (Å²) in [6.45, 7) is 1.78. The molecule has 1 heterocycles. The summed E-state index contributed by atoms with van der Waals surface area (Å²) in [5.74, 6) is 0.0509. The third-order valence-corrected chi connectivity index (χ3v) is 4.60. The van der Waals surface area contributed by atoms with Crippen molar-refractivity contribution in [1.29, 1.82) is 0 Å². The number of hydrogen-bond acceptors (Lipinski definition) is 5. The first-order valence-electron chi connectivity index (χ1n) is 5.74. The second-order valence-corrected chi connectivity index (χ2v) is 6.54. The largest absolute Gasteiger partial charge is 0.280 e. The van der Waals surface area contributed by atoms with Crippen LogP contribution in [0.3, 0.4) is 0 Å². The van der Waals surface area contributed by atoms with Crippen LogP contribution in [-0.4, -0.2) is 34.6 Å². The first-order chi connectivity index (χ1) is 8.94. The van der Waals surface area contributed by atoms with Crippen molar-refractivity contribution in [3.8, 4) is 0 Å². The predicted molar refractivity (Wildman–Crippen MR) is 70.7 cm³/mol. The first-order valence-corrected chi connectivity index (χ1v) is 7.56. The van der Waals surface area contributed by atoms with Crippen molar-refractivity contribution in [2.75, 3.05) is 11.5 Å². The highest BCUT2D eigenvalue weighted by atomic mass is 32.2. The van der Waals surface area contributed by atoms with E-state index in [1.807, 2.05) is 0 Å². The highest BCUT2D eigenvalue weighted by molar-refractivity contribution is 7.91. The Morgan fingerprint density at radius 1 is 1.42 bits per heavy atom. The van der Waals surface area contributed by atoms with Gasteiger partial charge in [-0.3, -0.25) is 14.8 Å². The van der Waals surface area contributed by atoms with E-state index in [2.05, 4.69) is 5.10 Å². The lowest BCUT2D eigenvalue weighted by molar-refractivity contribution is -0.383. The normalized spacial score (nSPS) is 11.8. The molecule has 0 aliphatic rings. The molecule has 0 unspecified atom stereocenters. The van der Waals surface area contributed by atoms with Crippen molar-refractivity contribution >= 4 is 26.4 Å². The molecule has 19 heavy (non-hydrogen) atoms. The first kappa shape index (κ1) is 13.5. The van der Waals surface area contributed by atoms with Crippen molar-refractivity contribution in [2.45, 2.75) is 13.5 Å². The molecule has 2 rings (SSSR count). The van der Waals surface area contributed by atoms with Gasteiger partial charge in [-0.2, -0.15) is 5.10 Å². The van der Waals surface area contributed by atoms with E-state index in [-0.39, 0.29) is 23.7 Å². The molecule has 0 spiro atoms. The van der Waals surface area contributed by atoms with E-state index >= 15 is 0 Å². The molecule has 0 N–H and O–H groups in total. The summed E-state index contributed by atoms with van der Waals surface area (Å²) in [5.41, 5.74) is 0.544. The van der Waals surface area contributed by atoms with E-state index in [1.54, 1.807) is 19.1 Å². The number of rotatable bonds is 5. The van der Waals surface area contributed by atoms with Gasteiger partial charge in [0.15, 0.2) is 9.84 Å². The second-order valence-electron chi connectivity index (χ2n) is 4.07.